The molecule has 1 unspecified atom stereocenters. The van der Waals surface area contributed by atoms with Crippen molar-refractivity contribution in [2.75, 3.05) is 45.2 Å². The van der Waals surface area contributed by atoms with Gasteiger partial charge in [-0.1, -0.05) is 12.8 Å². The molecule has 2 aromatic rings. The van der Waals surface area contributed by atoms with E-state index in [1.54, 1.807) is 24.3 Å². The van der Waals surface area contributed by atoms with Crippen LogP contribution in [-0.2, 0) is 4.74 Å². The molecule has 180 valence electrons. The summed E-state index contributed by atoms with van der Waals surface area (Å²) in [4.78, 5) is 12.0. The van der Waals surface area contributed by atoms with Gasteiger partial charge in [-0.15, -0.1) is 0 Å². The lowest BCUT2D eigenvalue weighted by Crippen LogP contribution is -2.37. The maximum absolute atomic E-state index is 12.0. The minimum Gasteiger partial charge on any atom is -0.491 e. The van der Waals surface area contributed by atoms with E-state index in [-0.39, 0.29) is 12.5 Å². The van der Waals surface area contributed by atoms with Crippen LogP contribution < -0.4 is 25.8 Å². The van der Waals surface area contributed by atoms with E-state index in [1.165, 1.54) is 12.8 Å². The van der Waals surface area contributed by atoms with Gasteiger partial charge in [0.25, 0.3) is 5.91 Å². The van der Waals surface area contributed by atoms with Crippen molar-refractivity contribution in [1.29, 1.82) is 0 Å². The molecule has 0 radical (unpaired) electrons. The first kappa shape index (κ1) is 24.8. The van der Waals surface area contributed by atoms with Crippen LogP contribution in [0.2, 0.25) is 0 Å². The average molecular weight is 458 g/mol. The first-order chi connectivity index (χ1) is 16.1. The second-order valence-electron chi connectivity index (χ2n) is 8.14. The second kappa shape index (κ2) is 13.7. The van der Waals surface area contributed by atoms with Crippen molar-refractivity contribution >= 4 is 11.6 Å². The van der Waals surface area contributed by atoms with Crippen LogP contribution in [0.15, 0.2) is 48.5 Å². The lowest BCUT2D eigenvalue weighted by Gasteiger charge is -2.14. The molecule has 33 heavy (non-hydrogen) atoms. The smallest absolute Gasteiger partial charge is 0.251 e. The SMILES string of the molecule is Nc1ccc(C(=O)NCCNCC(O)COc2ccc(OCCOC3CCCC3)cc2)cc1. The predicted octanol–water partition coefficient (Wildman–Crippen LogP) is 2.37. The van der Waals surface area contributed by atoms with Crippen molar-refractivity contribution in [3.63, 3.8) is 0 Å². The van der Waals surface area contributed by atoms with E-state index in [9.17, 15) is 9.90 Å². The van der Waals surface area contributed by atoms with E-state index in [4.69, 9.17) is 19.9 Å². The van der Waals surface area contributed by atoms with E-state index in [0.29, 0.717) is 56.0 Å². The summed E-state index contributed by atoms with van der Waals surface area (Å²) in [7, 11) is 0. The number of nitrogens with one attached hydrogen (secondary N) is 2. The number of ether oxygens (including phenoxy) is 3. The summed E-state index contributed by atoms with van der Waals surface area (Å²) in [5, 5.41) is 16.0. The fourth-order valence-electron chi connectivity index (χ4n) is 3.58. The summed E-state index contributed by atoms with van der Waals surface area (Å²) in [5.41, 5.74) is 6.80. The normalized spacial score (nSPS) is 14.7. The van der Waals surface area contributed by atoms with Gasteiger partial charge in [0.2, 0.25) is 0 Å². The van der Waals surface area contributed by atoms with E-state index in [1.807, 2.05) is 24.3 Å². The summed E-state index contributed by atoms with van der Waals surface area (Å²) >= 11 is 0. The standard InChI is InChI=1S/C25H35N3O5/c26-20-7-5-19(6-8-20)25(30)28-14-13-27-17-21(29)18-33-24-11-9-23(10-12-24)32-16-15-31-22-3-1-2-4-22/h5-12,21-22,27,29H,1-4,13-18,26H2,(H,28,30). The molecular formula is C25H35N3O5. The van der Waals surface area contributed by atoms with Crippen LogP contribution in [0, 0.1) is 0 Å². The van der Waals surface area contributed by atoms with Crippen LogP contribution in [0.3, 0.4) is 0 Å². The number of aliphatic hydroxyl groups excluding tert-OH is 1. The van der Waals surface area contributed by atoms with Crippen molar-refractivity contribution in [2.24, 2.45) is 0 Å². The highest BCUT2D eigenvalue weighted by Gasteiger charge is 2.14. The van der Waals surface area contributed by atoms with Gasteiger partial charge < -0.3 is 35.7 Å². The van der Waals surface area contributed by atoms with Crippen LogP contribution >= 0.6 is 0 Å². The highest BCUT2D eigenvalue weighted by molar-refractivity contribution is 5.94. The molecule has 0 bridgehead atoms. The Balaban J connectivity index is 1.21. The number of benzene rings is 2. The van der Waals surface area contributed by atoms with E-state index in [2.05, 4.69) is 10.6 Å². The van der Waals surface area contributed by atoms with Crippen molar-refractivity contribution < 1.29 is 24.1 Å². The number of nitrogen functional groups attached to an aromatic ring is 1. The minimum atomic E-state index is -0.665. The highest BCUT2D eigenvalue weighted by Crippen LogP contribution is 2.21. The van der Waals surface area contributed by atoms with E-state index >= 15 is 0 Å². The van der Waals surface area contributed by atoms with Gasteiger partial charge in [0.15, 0.2) is 0 Å². The molecule has 1 amide bonds. The number of carbonyl (C=O) groups is 1. The van der Waals surface area contributed by atoms with Gasteiger partial charge >= 0.3 is 0 Å². The molecule has 0 aromatic heterocycles. The third-order valence-corrected chi connectivity index (χ3v) is 5.41. The Morgan fingerprint density at radius 3 is 2.33 bits per heavy atom. The lowest BCUT2D eigenvalue weighted by atomic mass is 10.2. The zero-order chi connectivity index (χ0) is 23.3. The Morgan fingerprint density at radius 1 is 0.970 bits per heavy atom. The molecule has 1 aliphatic carbocycles. The number of aliphatic hydroxyl groups is 1. The number of nitrogens with two attached hydrogens (primary N) is 1. The van der Waals surface area contributed by atoms with Gasteiger partial charge in [0, 0.05) is 30.9 Å². The molecule has 1 saturated carbocycles. The number of hydrogen-bond acceptors (Lipinski definition) is 7. The monoisotopic (exact) mass is 457 g/mol. The van der Waals surface area contributed by atoms with Gasteiger partial charge in [0.1, 0.15) is 30.8 Å². The summed E-state index contributed by atoms with van der Waals surface area (Å²) < 4.78 is 17.1. The van der Waals surface area contributed by atoms with Gasteiger partial charge in [-0.05, 0) is 61.4 Å². The first-order valence-electron chi connectivity index (χ1n) is 11.6. The Kier molecular flexibility index (Phi) is 10.3. The van der Waals surface area contributed by atoms with Crippen molar-refractivity contribution in [1.82, 2.24) is 10.6 Å². The average Bonchev–Trinajstić information content (AvgIpc) is 3.35. The minimum absolute atomic E-state index is 0.158. The Hall–Kier alpha value is -2.81. The Bertz CT molecular complexity index is 823. The lowest BCUT2D eigenvalue weighted by molar-refractivity contribution is 0.0382. The second-order valence-corrected chi connectivity index (χ2v) is 8.14. The summed E-state index contributed by atoms with van der Waals surface area (Å²) in [6, 6.07) is 14.1. The highest BCUT2D eigenvalue weighted by atomic mass is 16.5. The zero-order valence-corrected chi connectivity index (χ0v) is 19.0. The number of amides is 1. The third-order valence-electron chi connectivity index (χ3n) is 5.41. The molecular weight excluding hydrogens is 422 g/mol. The van der Waals surface area contributed by atoms with E-state index < -0.39 is 6.10 Å². The molecule has 0 heterocycles. The van der Waals surface area contributed by atoms with E-state index in [0.717, 1.165) is 18.6 Å². The van der Waals surface area contributed by atoms with Crippen molar-refractivity contribution in [3.8, 4) is 11.5 Å². The van der Waals surface area contributed by atoms with Crippen LogP contribution in [-0.4, -0.2) is 62.7 Å². The molecule has 1 aliphatic rings. The van der Waals surface area contributed by atoms with Crippen LogP contribution in [0.4, 0.5) is 5.69 Å². The van der Waals surface area contributed by atoms with Gasteiger partial charge in [0.05, 0.1) is 12.7 Å². The third kappa shape index (κ3) is 9.29. The summed E-state index contributed by atoms with van der Waals surface area (Å²) in [6.45, 7) is 2.65. The number of hydrogen-bond donors (Lipinski definition) is 4. The molecule has 2 aromatic carbocycles. The number of rotatable bonds is 14. The number of carbonyl (C=O) groups excluding carboxylic acids is 1. The quantitative estimate of drug-likeness (QED) is 0.254. The maximum atomic E-state index is 12.0. The van der Waals surface area contributed by atoms with Gasteiger partial charge in [-0.25, -0.2) is 0 Å². The molecule has 0 spiro atoms. The largest absolute Gasteiger partial charge is 0.491 e. The van der Waals surface area contributed by atoms with Crippen LogP contribution in [0.5, 0.6) is 11.5 Å². The van der Waals surface area contributed by atoms with Gasteiger partial charge in [-0.3, -0.25) is 4.79 Å². The Morgan fingerprint density at radius 2 is 1.64 bits per heavy atom. The fourth-order valence-corrected chi connectivity index (χ4v) is 3.58. The number of anilines is 1. The predicted molar refractivity (Wildman–Crippen MR) is 128 cm³/mol. The molecule has 0 aliphatic heterocycles. The topological polar surface area (TPSA) is 115 Å². The summed E-state index contributed by atoms with van der Waals surface area (Å²) in [6.07, 6.45) is 4.59. The molecule has 1 atom stereocenters. The van der Waals surface area contributed by atoms with Crippen LogP contribution in [0.1, 0.15) is 36.0 Å². The molecule has 3 rings (SSSR count). The molecule has 0 saturated heterocycles. The van der Waals surface area contributed by atoms with Crippen molar-refractivity contribution in [3.05, 3.63) is 54.1 Å². The first-order valence-corrected chi connectivity index (χ1v) is 11.6. The van der Waals surface area contributed by atoms with Crippen LogP contribution in [0.25, 0.3) is 0 Å². The molecule has 8 nitrogen and oxygen atoms in total. The molecule has 8 heteroatoms. The van der Waals surface area contributed by atoms with Crippen molar-refractivity contribution in [2.45, 2.75) is 37.9 Å². The molecule has 5 N–H and O–H groups in total. The Labute approximate surface area is 195 Å². The summed E-state index contributed by atoms with van der Waals surface area (Å²) in [5.74, 6) is 1.27. The van der Waals surface area contributed by atoms with Gasteiger partial charge in [-0.2, -0.15) is 0 Å². The fraction of sp³-hybridized carbons (Fsp3) is 0.480. The zero-order valence-electron chi connectivity index (χ0n) is 19.0. The molecule has 1 fully saturated rings. The maximum Gasteiger partial charge on any atom is 0.251 e.